The highest BCUT2D eigenvalue weighted by Gasteiger charge is 2.17. The third-order valence-electron chi connectivity index (χ3n) is 7.00. The molecular formula is C32H47N5. The van der Waals surface area contributed by atoms with E-state index >= 15 is 0 Å². The van der Waals surface area contributed by atoms with Crippen LogP contribution in [-0.2, 0) is 13.1 Å². The Morgan fingerprint density at radius 3 is 2.05 bits per heavy atom. The summed E-state index contributed by atoms with van der Waals surface area (Å²) in [7, 11) is 0. The Bertz CT molecular complexity index is 959. The summed E-state index contributed by atoms with van der Waals surface area (Å²) in [4.78, 5) is 7.14. The second kappa shape index (κ2) is 16.0. The van der Waals surface area contributed by atoms with Crippen LogP contribution in [0.25, 0.3) is 0 Å². The van der Waals surface area contributed by atoms with Crippen molar-refractivity contribution < 1.29 is 0 Å². The van der Waals surface area contributed by atoms with Crippen molar-refractivity contribution >= 4 is 11.4 Å². The van der Waals surface area contributed by atoms with E-state index in [0.717, 1.165) is 51.4 Å². The van der Waals surface area contributed by atoms with Crippen LogP contribution in [0.15, 0.2) is 83.4 Å². The average Bonchev–Trinajstić information content (AvgIpc) is 3.34. The molecule has 0 aromatic heterocycles. The van der Waals surface area contributed by atoms with E-state index in [1.165, 1.54) is 55.3 Å². The number of unbranched alkanes of at least 4 members (excludes halogenated alkanes) is 4. The first-order valence-corrected chi connectivity index (χ1v) is 14.3. The lowest BCUT2D eigenvalue weighted by Gasteiger charge is -2.25. The molecule has 0 aliphatic carbocycles. The first kappa shape index (κ1) is 28.6. The summed E-state index contributed by atoms with van der Waals surface area (Å²) in [5.74, 6) is 0.674. The van der Waals surface area contributed by atoms with Crippen LogP contribution < -0.4 is 4.90 Å². The van der Waals surface area contributed by atoms with Crippen molar-refractivity contribution in [3.05, 3.63) is 84.3 Å². The lowest BCUT2D eigenvalue weighted by Crippen LogP contribution is -2.25. The molecule has 200 valence electrons. The molecule has 1 aliphatic rings. The second-order valence-electron chi connectivity index (χ2n) is 10.0. The summed E-state index contributed by atoms with van der Waals surface area (Å²) in [5, 5.41) is 8.96. The summed E-state index contributed by atoms with van der Waals surface area (Å²) in [6.07, 6.45) is 12.7. The van der Waals surface area contributed by atoms with Crippen LogP contribution in [0.2, 0.25) is 0 Å². The number of hydrogen-bond acceptors (Lipinski definition) is 5. The van der Waals surface area contributed by atoms with Crippen molar-refractivity contribution in [3.63, 3.8) is 0 Å². The molecule has 0 atom stereocenters. The minimum absolute atomic E-state index is 0.674. The molecule has 5 nitrogen and oxygen atoms in total. The monoisotopic (exact) mass is 501 g/mol. The van der Waals surface area contributed by atoms with Crippen LogP contribution in [0.1, 0.15) is 76.8 Å². The molecule has 0 bridgehead atoms. The maximum atomic E-state index is 4.49. The zero-order valence-electron chi connectivity index (χ0n) is 23.4. The highest BCUT2D eigenvalue weighted by atomic mass is 15.3. The van der Waals surface area contributed by atoms with Gasteiger partial charge in [0.2, 0.25) is 0 Å². The largest absolute Gasteiger partial charge is 0.372 e. The molecule has 1 heterocycles. The molecular weight excluding hydrogens is 454 g/mol. The molecule has 0 saturated heterocycles. The van der Waals surface area contributed by atoms with Gasteiger partial charge in [-0.2, -0.15) is 0 Å². The predicted molar refractivity (Wildman–Crippen MR) is 158 cm³/mol. The van der Waals surface area contributed by atoms with Gasteiger partial charge in [0.1, 0.15) is 5.82 Å². The Morgan fingerprint density at radius 1 is 0.865 bits per heavy atom. The number of nitrogens with zero attached hydrogens (tertiary/aromatic N) is 5. The van der Waals surface area contributed by atoms with Crippen molar-refractivity contribution in [1.29, 1.82) is 0 Å². The van der Waals surface area contributed by atoms with Crippen LogP contribution >= 0.6 is 0 Å². The minimum Gasteiger partial charge on any atom is -0.372 e. The summed E-state index contributed by atoms with van der Waals surface area (Å²) in [6, 6.07) is 17.3. The molecule has 3 rings (SSSR count). The van der Waals surface area contributed by atoms with E-state index in [4.69, 9.17) is 0 Å². The number of allylic oxidation sites excluding steroid dienone is 1. The number of benzene rings is 2. The highest BCUT2D eigenvalue weighted by Crippen LogP contribution is 2.24. The van der Waals surface area contributed by atoms with Gasteiger partial charge in [0.25, 0.3) is 0 Å². The van der Waals surface area contributed by atoms with Crippen molar-refractivity contribution in [1.82, 2.24) is 9.80 Å². The molecule has 0 saturated carbocycles. The molecule has 5 heteroatoms. The van der Waals surface area contributed by atoms with E-state index in [9.17, 15) is 0 Å². The van der Waals surface area contributed by atoms with E-state index in [-0.39, 0.29) is 0 Å². The Hall–Kier alpha value is -2.92. The quantitative estimate of drug-likeness (QED) is 0.161. The zero-order valence-corrected chi connectivity index (χ0v) is 23.4. The summed E-state index contributed by atoms with van der Waals surface area (Å²) >= 11 is 0. The number of azo groups is 1. The summed E-state index contributed by atoms with van der Waals surface area (Å²) in [6.45, 7) is 17.0. The zero-order chi connectivity index (χ0) is 26.3. The van der Waals surface area contributed by atoms with Gasteiger partial charge in [-0.05, 0) is 61.6 Å². The van der Waals surface area contributed by atoms with Gasteiger partial charge in [0, 0.05) is 51.2 Å². The maximum absolute atomic E-state index is 4.49. The molecule has 2 aromatic rings. The van der Waals surface area contributed by atoms with Crippen molar-refractivity contribution in [2.75, 3.05) is 31.1 Å². The molecule has 0 amide bonds. The molecule has 0 fully saturated rings. The molecule has 0 spiro atoms. The number of hydrogen-bond donors (Lipinski definition) is 0. The van der Waals surface area contributed by atoms with E-state index in [1.54, 1.807) is 0 Å². The van der Waals surface area contributed by atoms with Crippen LogP contribution in [0, 0.1) is 0 Å². The van der Waals surface area contributed by atoms with Crippen LogP contribution in [0.5, 0.6) is 0 Å². The van der Waals surface area contributed by atoms with Gasteiger partial charge in [-0.1, -0.05) is 76.5 Å². The van der Waals surface area contributed by atoms with E-state index < -0.39 is 0 Å². The van der Waals surface area contributed by atoms with E-state index in [2.05, 4.69) is 93.9 Å². The number of rotatable bonds is 17. The Kier molecular flexibility index (Phi) is 12.4. The fourth-order valence-corrected chi connectivity index (χ4v) is 4.87. The topological polar surface area (TPSA) is 34.4 Å². The molecule has 2 aromatic carbocycles. The van der Waals surface area contributed by atoms with Crippen LogP contribution in [0.3, 0.4) is 0 Å². The molecule has 1 aliphatic heterocycles. The predicted octanol–water partition coefficient (Wildman–Crippen LogP) is 8.67. The fraction of sp³-hybridized carbons (Fsp3) is 0.500. The maximum Gasteiger partial charge on any atom is 0.147 e. The van der Waals surface area contributed by atoms with Crippen LogP contribution in [0.4, 0.5) is 11.4 Å². The Morgan fingerprint density at radius 2 is 1.49 bits per heavy atom. The summed E-state index contributed by atoms with van der Waals surface area (Å²) in [5.41, 5.74) is 5.07. The third-order valence-corrected chi connectivity index (χ3v) is 7.00. The lowest BCUT2D eigenvalue weighted by molar-refractivity contribution is 0.267. The molecule has 0 unspecified atom stereocenters. The lowest BCUT2D eigenvalue weighted by atomic mass is 10.1. The van der Waals surface area contributed by atoms with Crippen molar-refractivity contribution in [2.45, 2.75) is 78.8 Å². The first-order chi connectivity index (χ1) is 18.1. The van der Waals surface area contributed by atoms with Crippen molar-refractivity contribution in [2.24, 2.45) is 10.2 Å². The third kappa shape index (κ3) is 9.47. The van der Waals surface area contributed by atoms with E-state index in [1.807, 2.05) is 19.2 Å². The standard InChI is InChI=1S/C32H47N5/c1-5-8-12-23-37(24-13-9-6-2)32-19-17-31(18-20-32)34-33-28(4)36(21-7-3)25-14-22-35-26-29-15-10-11-16-30(29)27-35/h7,10-11,15-21H,4-6,8-9,12-14,22-27H2,1-3H3/b21-7-,34-33?. The molecule has 37 heavy (non-hydrogen) atoms. The van der Waals surface area contributed by atoms with Gasteiger partial charge in [-0.25, -0.2) is 0 Å². The minimum atomic E-state index is 0.674. The summed E-state index contributed by atoms with van der Waals surface area (Å²) < 4.78 is 0. The molecule has 0 radical (unpaired) electrons. The number of anilines is 1. The molecule has 0 N–H and O–H groups in total. The van der Waals surface area contributed by atoms with Gasteiger partial charge in [-0.15, -0.1) is 10.2 Å². The smallest absolute Gasteiger partial charge is 0.147 e. The van der Waals surface area contributed by atoms with Crippen molar-refractivity contribution in [3.8, 4) is 0 Å². The SMILES string of the molecule is C=C(N=Nc1ccc(N(CCCCC)CCCCC)cc1)N(/C=C\C)CCCN1Cc2ccccc2C1. The highest BCUT2D eigenvalue weighted by molar-refractivity contribution is 5.52. The van der Waals surface area contributed by atoms with Crippen LogP contribution in [-0.4, -0.2) is 36.0 Å². The first-order valence-electron chi connectivity index (χ1n) is 14.3. The van der Waals surface area contributed by atoms with Gasteiger partial charge in [-0.3, -0.25) is 4.90 Å². The van der Waals surface area contributed by atoms with Gasteiger partial charge < -0.3 is 9.80 Å². The average molecular weight is 502 g/mol. The fourth-order valence-electron chi connectivity index (χ4n) is 4.87. The van der Waals surface area contributed by atoms with E-state index in [0.29, 0.717) is 5.82 Å². The van der Waals surface area contributed by atoms with Gasteiger partial charge >= 0.3 is 0 Å². The number of fused-ring (bicyclic) bond motifs is 1. The second-order valence-corrected chi connectivity index (χ2v) is 10.0. The van der Waals surface area contributed by atoms with Gasteiger partial charge in [0.15, 0.2) is 0 Å². The Labute approximate surface area is 225 Å². The van der Waals surface area contributed by atoms with Gasteiger partial charge in [0.05, 0.1) is 5.69 Å². The Balaban J connectivity index is 1.50. The normalized spacial score (nSPS) is 13.5.